The highest BCUT2D eigenvalue weighted by molar-refractivity contribution is 6.30. The molecule has 0 amide bonds. The Kier molecular flexibility index (Phi) is 4.09. The summed E-state index contributed by atoms with van der Waals surface area (Å²) in [5.74, 6) is -0.799. The molecule has 114 valence electrons. The zero-order valence-electron chi connectivity index (χ0n) is 12.2. The molecular weight excluding hydrogens is 288 g/mol. The molecule has 0 radical (unpaired) electrons. The Hall–Kier alpha value is -1.26. The van der Waals surface area contributed by atoms with Crippen molar-refractivity contribution in [3.8, 4) is 0 Å². The molecule has 1 aromatic carbocycles. The molecule has 21 heavy (non-hydrogen) atoms. The predicted octanol–water partition coefficient (Wildman–Crippen LogP) is 2.86. The first-order chi connectivity index (χ1) is 10.0. The number of carboxylic acid groups (broad SMARTS) is 1. The minimum atomic E-state index is -0.799. The Morgan fingerprint density at radius 2 is 2.24 bits per heavy atom. The third kappa shape index (κ3) is 3.33. The maximum Gasteiger partial charge on any atom is 0.323 e. The first-order valence-corrected chi connectivity index (χ1v) is 7.92. The van der Waals surface area contributed by atoms with E-state index in [0.29, 0.717) is 11.1 Å². The van der Waals surface area contributed by atoms with Crippen molar-refractivity contribution in [1.29, 1.82) is 0 Å². The third-order valence-corrected chi connectivity index (χ3v) is 4.74. The molecule has 0 spiro atoms. The number of nitrogens with zero attached hydrogens (tertiary/aromatic N) is 2. The summed E-state index contributed by atoms with van der Waals surface area (Å²) in [6.07, 6.45) is 3.58. The highest BCUT2D eigenvalue weighted by Crippen LogP contribution is 2.36. The standard InChI is InChI=1S/C16H21ClN2O2/c1-11-7-15(9-18(11)13-5-6-13)19(10-16(20)21)14-4-2-3-12(17)8-14/h2-4,8,11,13,15H,5-7,9-10H2,1H3,(H,20,21). The van der Waals surface area contributed by atoms with E-state index in [4.69, 9.17) is 11.6 Å². The fourth-order valence-electron chi connectivity index (χ4n) is 3.40. The van der Waals surface area contributed by atoms with Crippen LogP contribution in [0.5, 0.6) is 0 Å². The Morgan fingerprint density at radius 1 is 1.48 bits per heavy atom. The molecule has 1 aliphatic carbocycles. The molecule has 0 bridgehead atoms. The molecule has 1 saturated heterocycles. The van der Waals surface area contributed by atoms with Gasteiger partial charge in [0.1, 0.15) is 6.54 Å². The zero-order valence-corrected chi connectivity index (χ0v) is 13.0. The number of aliphatic carboxylic acids is 1. The quantitative estimate of drug-likeness (QED) is 0.908. The van der Waals surface area contributed by atoms with E-state index >= 15 is 0 Å². The summed E-state index contributed by atoms with van der Waals surface area (Å²) in [5.41, 5.74) is 0.903. The summed E-state index contributed by atoms with van der Waals surface area (Å²) in [6, 6.07) is 8.99. The maximum absolute atomic E-state index is 11.2. The van der Waals surface area contributed by atoms with Gasteiger partial charge in [0.2, 0.25) is 0 Å². The second-order valence-electron chi connectivity index (χ2n) is 6.17. The second kappa shape index (κ2) is 5.85. The van der Waals surface area contributed by atoms with Gasteiger partial charge in [-0.15, -0.1) is 0 Å². The molecule has 3 rings (SSSR count). The van der Waals surface area contributed by atoms with Gasteiger partial charge in [-0.2, -0.15) is 0 Å². The molecule has 1 aromatic rings. The van der Waals surface area contributed by atoms with E-state index in [1.54, 1.807) is 0 Å². The normalized spacial score (nSPS) is 26.0. The van der Waals surface area contributed by atoms with E-state index < -0.39 is 5.97 Å². The molecule has 1 aliphatic heterocycles. The lowest BCUT2D eigenvalue weighted by Gasteiger charge is -2.30. The lowest BCUT2D eigenvalue weighted by atomic mass is 10.1. The molecule has 2 fully saturated rings. The van der Waals surface area contributed by atoms with Gasteiger partial charge in [-0.1, -0.05) is 17.7 Å². The monoisotopic (exact) mass is 308 g/mol. The topological polar surface area (TPSA) is 43.8 Å². The van der Waals surface area contributed by atoms with Gasteiger partial charge in [0.05, 0.1) is 0 Å². The summed E-state index contributed by atoms with van der Waals surface area (Å²) in [7, 11) is 0. The van der Waals surface area contributed by atoms with Gasteiger partial charge in [-0.25, -0.2) is 0 Å². The van der Waals surface area contributed by atoms with Crippen LogP contribution in [0.3, 0.4) is 0 Å². The number of carbonyl (C=O) groups is 1. The molecule has 5 heteroatoms. The first kappa shape index (κ1) is 14.7. The smallest absolute Gasteiger partial charge is 0.323 e. The number of likely N-dealkylation sites (tertiary alicyclic amines) is 1. The second-order valence-corrected chi connectivity index (χ2v) is 6.60. The van der Waals surface area contributed by atoms with Crippen molar-refractivity contribution < 1.29 is 9.90 Å². The largest absolute Gasteiger partial charge is 0.480 e. The van der Waals surface area contributed by atoms with Crippen LogP contribution in [0.4, 0.5) is 5.69 Å². The van der Waals surface area contributed by atoms with Crippen molar-refractivity contribution in [2.45, 2.75) is 44.3 Å². The number of benzene rings is 1. The summed E-state index contributed by atoms with van der Waals surface area (Å²) < 4.78 is 0. The van der Waals surface area contributed by atoms with E-state index in [2.05, 4.69) is 11.8 Å². The van der Waals surface area contributed by atoms with Gasteiger partial charge in [-0.3, -0.25) is 9.69 Å². The van der Waals surface area contributed by atoms with Crippen molar-refractivity contribution in [3.05, 3.63) is 29.3 Å². The Balaban J connectivity index is 1.80. The van der Waals surface area contributed by atoms with Crippen molar-refractivity contribution >= 4 is 23.3 Å². The average Bonchev–Trinajstić information content (AvgIpc) is 3.19. The molecule has 2 aliphatic rings. The summed E-state index contributed by atoms with van der Waals surface area (Å²) in [5, 5.41) is 9.89. The number of rotatable bonds is 5. The molecule has 1 N–H and O–H groups in total. The molecule has 2 unspecified atom stereocenters. The Bertz CT molecular complexity index is 533. The summed E-state index contributed by atoms with van der Waals surface area (Å²) in [4.78, 5) is 15.8. The zero-order chi connectivity index (χ0) is 15.0. The lowest BCUT2D eigenvalue weighted by molar-refractivity contribution is -0.135. The number of hydrogen-bond acceptors (Lipinski definition) is 3. The van der Waals surface area contributed by atoms with E-state index in [-0.39, 0.29) is 12.6 Å². The first-order valence-electron chi connectivity index (χ1n) is 7.54. The number of halogens is 1. The molecular formula is C16H21ClN2O2. The predicted molar refractivity (Wildman–Crippen MR) is 84.0 cm³/mol. The van der Waals surface area contributed by atoms with Gasteiger partial charge >= 0.3 is 5.97 Å². The van der Waals surface area contributed by atoms with Crippen molar-refractivity contribution in [3.63, 3.8) is 0 Å². The number of hydrogen-bond donors (Lipinski definition) is 1. The third-order valence-electron chi connectivity index (χ3n) is 4.50. The Morgan fingerprint density at radius 3 is 2.86 bits per heavy atom. The minimum Gasteiger partial charge on any atom is -0.480 e. The van der Waals surface area contributed by atoms with Crippen LogP contribution in [0, 0.1) is 0 Å². The van der Waals surface area contributed by atoms with E-state index in [9.17, 15) is 9.90 Å². The fraction of sp³-hybridized carbons (Fsp3) is 0.562. The fourth-order valence-corrected chi connectivity index (χ4v) is 3.58. The van der Waals surface area contributed by atoms with Crippen LogP contribution in [-0.4, -0.2) is 47.2 Å². The number of anilines is 1. The summed E-state index contributed by atoms with van der Waals surface area (Å²) in [6.45, 7) is 3.22. The molecule has 0 aromatic heterocycles. The molecule has 2 atom stereocenters. The molecule has 4 nitrogen and oxygen atoms in total. The van der Waals surface area contributed by atoms with Crippen LogP contribution in [0.1, 0.15) is 26.2 Å². The van der Waals surface area contributed by atoms with Crippen LogP contribution in [0.15, 0.2) is 24.3 Å². The SMILES string of the molecule is CC1CC(N(CC(=O)O)c2cccc(Cl)c2)CN1C1CC1. The van der Waals surface area contributed by atoms with Gasteiger partial charge in [0.15, 0.2) is 0 Å². The summed E-state index contributed by atoms with van der Waals surface area (Å²) >= 11 is 6.07. The van der Waals surface area contributed by atoms with E-state index in [1.807, 2.05) is 29.2 Å². The van der Waals surface area contributed by atoms with Crippen LogP contribution >= 0.6 is 11.6 Å². The van der Waals surface area contributed by atoms with Crippen LogP contribution < -0.4 is 4.90 Å². The van der Waals surface area contributed by atoms with Crippen molar-refractivity contribution in [2.24, 2.45) is 0 Å². The van der Waals surface area contributed by atoms with Crippen LogP contribution in [0.2, 0.25) is 5.02 Å². The van der Waals surface area contributed by atoms with Gasteiger partial charge < -0.3 is 10.0 Å². The van der Waals surface area contributed by atoms with E-state index in [0.717, 1.165) is 24.7 Å². The minimum absolute atomic E-state index is 0.0240. The van der Waals surface area contributed by atoms with Crippen LogP contribution in [0.25, 0.3) is 0 Å². The van der Waals surface area contributed by atoms with Gasteiger partial charge in [0.25, 0.3) is 0 Å². The maximum atomic E-state index is 11.2. The van der Waals surface area contributed by atoms with Crippen molar-refractivity contribution in [2.75, 3.05) is 18.0 Å². The average molecular weight is 309 g/mol. The number of carboxylic acids is 1. The van der Waals surface area contributed by atoms with Crippen molar-refractivity contribution in [1.82, 2.24) is 4.90 Å². The van der Waals surface area contributed by atoms with Gasteiger partial charge in [0, 0.05) is 35.4 Å². The van der Waals surface area contributed by atoms with E-state index in [1.165, 1.54) is 12.8 Å². The highest BCUT2D eigenvalue weighted by Gasteiger charge is 2.41. The van der Waals surface area contributed by atoms with Gasteiger partial charge in [-0.05, 0) is 44.4 Å². The highest BCUT2D eigenvalue weighted by atomic mass is 35.5. The molecule has 1 saturated carbocycles. The Labute approximate surface area is 130 Å². The van der Waals surface area contributed by atoms with Crippen LogP contribution in [-0.2, 0) is 4.79 Å². The lowest BCUT2D eigenvalue weighted by Crippen LogP contribution is -2.41. The molecule has 1 heterocycles.